The lowest BCUT2D eigenvalue weighted by molar-refractivity contribution is 0.146. The fraction of sp³-hybridized carbons (Fsp3) is 0.593. The summed E-state index contributed by atoms with van der Waals surface area (Å²) >= 11 is 0. The molecule has 1 aromatic heterocycles. The summed E-state index contributed by atoms with van der Waals surface area (Å²) in [5.41, 5.74) is 1.29. The van der Waals surface area contributed by atoms with E-state index < -0.39 is 17.8 Å². The summed E-state index contributed by atoms with van der Waals surface area (Å²) in [6, 6.07) is 6.92. The molecule has 8 nitrogen and oxygen atoms in total. The number of nitrogens with zero attached hydrogens (tertiary/aromatic N) is 6. The molecule has 204 valence electrons. The molecular weight excluding hydrogens is 495 g/mol. The molecule has 2 atom stereocenters. The van der Waals surface area contributed by atoms with Crippen LogP contribution in [0.4, 0.5) is 24.7 Å². The van der Waals surface area contributed by atoms with Crippen molar-refractivity contribution in [1.29, 1.82) is 5.26 Å². The maximum Gasteiger partial charge on any atom is 0.318 e. The number of anilines is 2. The Bertz CT molecular complexity index is 1170. The molecule has 38 heavy (non-hydrogen) atoms. The van der Waals surface area contributed by atoms with Gasteiger partial charge >= 0.3 is 6.01 Å². The van der Waals surface area contributed by atoms with Crippen molar-refractivity contribution in [2.75, 3.05) is 56.2 Å². The van der Waals surface area contributed by atoms with Crippen LogP contribution in [0, 0.1) is 17.1 Å². The van der Waals surface area contributed by atoms with E-state index in [1.165, 1.54) is 6.07 Å². The first-order valence-electron chi connectivity index (χ1n) is 13.3. The van der Waals surface area contributed by atoms with Gasteiger partial charge in [-0.25, -0.2) is 13.2 Å². The molecule has 1 unspecified atom stereocenters. The van der Waals surface area contributed by atoms with Crippen LogP contribution in [-0.4, -0.2) is 73.3 Å². The quantitative estimate of drug-likeness (QED) is 0.582. The number of aromatic nitrogens is 2. The predicted molar refractivity (Wildman–Crippen MR) is 138 cm³/mol. The van der Waals surface area contributed by atoms with E-state index in [1.807, 2.05) is 0 Å². The zero-order valence-corrected chi connectivity index (χ0v) is 21.7. The SMILES string of the molecule is CN1CCC[C@H]1COc1nc2c(c(N3CCNC(CC#N)C3)n1)CCCN(c1cccc(F)c1C(F)F)C2. The molecule has 0 amide bonds. The standard InChI is InChI=1S/C27H34F3N7O/c1-35-12-3-5-19(35)17-38-27-33-22-16-36(23-8-2-7-21(28)24(23)25(29)30)13-4-6-20(22)26(34-27)37-14-11-32-18(15-37)9-10-31/h2,7-8,18-19,25,32H,3-6,9,11-17H2,1H3/t18?,19-/m0/s1. The minimum atomic E-state index is -2.92. The zero-order valence-electron chi connectivity index (χ0n) is 21.7. The Morgan fingerprint density at radius 1 is 1.18 bits per heavy atom. The Morgan fingerprint density at radius 2 is 2.05 bits per heavy atom. The second-order valence-electron chi connectivity index (χ2n) is 10.3. The number of benzene rings is 1. The third-order valence-electron chi connectivity index (χ3n) is 7.80. The van der Waals surface area contributed by atoms with E-state index in [-0.39, 0.29) is 30.3 Å². The van der Waals surface area contributed by atoms with E-state index >= 15 is 0 Å². The topological polar surface area (TPSA) is 80.5 Å². The molecular formula is C27H34F3N7O. The van der Waals surface area contributed by atoms with E-state index in [1.54, 1.807) is 11.0 Å². The molecule has 2 fully saturated rings. The minimum Gasteiger partial charge on any atom is -0.462 e. The third-order valence-corrected chi connectivity index (χ3v) is 7.80. The average Bonchev–Trinajstić information content (AvgIpc) is 3.19. The molecule has 3 aliphatic heterocycles. The Balaban J connectivity index is 1.49. The van der Waals surface area contributed by atoms with Crippen LogP contribution in [0.1, 0.15) is 48.9 Å². The third kappa shape index (κ3) is 5.66. The number of hydrogen-bond acceptors (Lipinski definition) is 8. The maximum absolute atomic E-state index is 14.4. The van der Waals surface area contributed by atoms with Crippen molar-refractivity contribution in [2.24, 2.45) is 0 Å². The number of ether oxygens (including phenoxy) is 1. The lowest BCUT2D eigenvalue weighted by Crippen LogP contribution is -2.51. The molecule has 2 aromatic rings. The first-order chi connectivity index (χ1) is 18.4. The second kappa shape index (κ2) is 11.7. The van der Waals surface area contributed by atoms with Gasteiger partial charge in [0.05, 0.1) is 30.3 Å². The van der Waals surface area contributed by atoms with Crippen molar-refractivity contribution in [3.05, 3.63) is 40.8 Å². The van der Waals surface area contributed by atoms with Gasteiger partial charge in [-0.2, -0.15) is 15.2 Å². The highest BCUT2D eigenvalue weighted by Gasteiger charge is 2.30. The van der Waals surface area contributed by atoms with Crippen molar-refractivity contribution in [3.8, 4) is 12.1 Å². The number of alkyl halides is 2. The van der Waals surface area contributed by atoms with Crippen molar-refractivity contribution >= 4 is 11.5 Å². The highest BCUT2D eigenvalue weighted by molar-refractivity contribution is 5.58. The number of piperazine rings is 1. The molecule has 0 bridgehead atoms. The summed E-state index contributed by atoms with van der Waals surface area (Å²) in [5.74, 6) is -0.121. The van der Waals surface area contributed by atoms with Crippen LogP contribution < -0.4 is 19.9 Å². The summed E-state index contributed by atoms with van der Waals surface area (Å²) in [4.78, 5) is 15.9. The Hall–Kier alpha value is -3.10. The minimum absolute atomic E-state index is 0.0269. The largest absolute Gasteiger partial charge is 0.462 e. The molecule has 1 N–H and O–H groups in total. The normalized spacial score (nSPS) is 22.3. The number of fused-ring (bicyclic) bond motifs is 1. The van der Waals surface area contributed by atoms with Gasteiger partial charge in [0.2, 0.25) is 0 Å². The maximum atomic E-state index is 14.4. The number of nitriles is 1. The Kier molecular flexibility index (Phi) is 8.19. The predicted octanol–water partition coefficient (Wildman–Crippen LogP) is 3.67. The van der Waals surface area contributed by atoms with E-state index in [0.717, 1.165) is 49.9 Å². The summed E-state index contributed by atoms with van der Waals surface area (Å²) in [7, 11) is 2.08. The Morgan fingerprint density at radius 3 is 2.82 bits per heavy atom. The van der Waals surface area contributed by atoms with Gasteiger partial charge < -0.3 is 24.8 Å². The van der Waals surface area contributed by atoms with Crippen LogP contribution in [0.25, 0.3) is 0 Å². The first-order valence-corrected chi connectivity index (χ1v) is 13.3. The summed E-state index contributed by atoms with van der Waals surface area (Å²) in [5, 5.41) is 12.6. The molecule has 5 rings (SSSR count). The van der Waals surface area contributed by atoms with E-state index in [4.69, 9.17) is 14.7 Å². The fourth-order valence-electron chi connectivity index (χ4n) is 5.76. The van der Waals surface area contributed by atoms with Crippen LogP contribution in [0.15, 0.2) is 18.2 Å². The smallest absolute Gasteiger partial charge is 0.318 e. The zero-order chi connectivity index (χ0) is 26.6. The van der Waals surface area contributed by atoms with Gasteiger partial charge in [-0.1, -0.05) is 6.07 Å². The number of likely N-dealkylation sites (N-methyl/N-ethyl adjacent to an activating group) is 1. The molecule has 0 aliphatic carbocycles. The molecule has 0 spiro atoms. The van der Waals surface area contributed by atoms with Crippen LogP contribution >= 0.6 is 0 Å². The molecule has 0 radical (unpaired) electrons. The summed E-state index contributed by atoms with van der Waals surface area (Å²) < 4.78 is 48.2. The number of likely N-dealkylation sites (tertiary alicyclic amines) is 1. The second-order valence-corrected chi connectivity index (χ2v) is 10.3. The van der Waals surface area contributed by atoms with Crippen LogP contribution in [0.5, 0.6) is 6.01 Å². The van der Waals surface area contributed by atoms with Gasteiger partial charge in [0, 0.05) is 49.5 Å². The number of hydrogen-bond donors (Lipinski definition) is 1. The van der Waals surface area contributed by atoms with Crippen molar-refractivity contribution < 1.29 is 17.9 Å². The average molecular weight is 530 g/mol. The van der Waals surface area contributed by atoms with E-state index in [9.17, 15) is 18.4 Å². The van der Waals surface area contributed by atoms with Gasteiger partial charge in [-0.3, -0.25) is 0 Å². The van der Waals surface area contributed by atoms with Gasteiger partial charge in [-0.15, -0.1) is 0 Å². The lowest BCUT2D eigenvalue weighted by Gasteiger charge is -2.35. The lowest BCUT2D eigenvalue weighted by atomic mass is 10.1. The molecule has 3 aliphatic rings. The van der Waals surface area contributed by atoms with Gasteiger partial charge in [-0.05, 0) is 51.4 Å². The molecule has 11 heteroatoms. The fourth-order valence-corrected chi connectivity index (χ4v) is 5.76. The molecule has 0 saturated carbocycles. The first kappa shape index (κ1) is 26.5. The van der Waals surface area contributed by atoms with Crippen molar-refractivity contribution in [1.82, 2.24) is 20.2 Å². The molecule has 2 saturated heterocycles. The molecule has 1 aromatic carbocycles. The van der Waals surface area contributed by atoms with Gasteiger partial charge in [0.1, 0.15) is 18.2 Å². The van der Waals surface area contributed by atoms with Crippen molar-refractivity contribution in [3.63, 3.8) is 0 Å². The highest BCUT2D eigenvalue weighted by Crippen LogP contribution is 2.36. The summed E-state index contributed by atoms with van der Waals surface area (Å²) in [6.45, 7) is 4.31. The Labute approximate surface area is 221 Å². The van der Waals surface area contributed by atoms with Crippen molar-refractivity contribution in [2.45, 2.75) is 57.2 Å². The number of halogens is 3. The van der Waals surface area contributed by atoms with Crippen LogP contribution in [0.2, 0.25) is 0 Å². The highest BCUT2D eigenvalue weighted by atomic mass is 19.3. The monoisotopic (exact) mass is 529 g/mol. The van der Waals surface area contributed by atoms with E-state index in [2.05, 4.69) is 28.2 Å². The van der Waals surface area contributed by atoms with Crippen LogP contribution in [0.3, 0.4) is 0 Å². The number of rotatable bonds is 7. The van der Waals surface area contributed by atoms with Crippen LogP contribution in [-0.2, 0) is 13.0 Å². The van der Waals surface area contributed by atoms with Gasteiger partial charge in [0.25, 0.3) is 6.43 Å². The van der Waals surface area contributed by atoms with E-state index in [0.29, 0.717) is 44.7 Å². The number of nitrogens with one attached hydrogen (secondary N) is 1. The summed E-state index contributed by atoms with van der Waals surface area (Å²) in [6.07, 6.45) is 0.991. The molecule has 4 heterocycles. The van der Waals surface area contributed by atoms with Gasteiger partial charge in [0.15, 0.2) is 0 Å².